The number of hydrogen-bond donors (Lipinski definition) is 2. The maximum absolute atomic E-state index is 13.6. The van der Waals surface area contributed by atoms with Gasteiger partial charge >= 0.3 is 6.18 Å². The topological polar surface area (TPSA) is 68.0 Å². The maximum atomic E-state index is 13.6. The molecule has 0 unspecified atom stereocenters. The third kappa shape index (κ3) is 4.38. The molecule has 4 nitrogen and oxygen atoms in total. The van der Waals surface area contributed by atoms with E-state index in [0.717, 1.165) is 28.5 Å². The van der Waals surface area contributed by atoms with Crippen molar-refractivity contribution in [2.45, 2.75) is 20.0 Å². The third-order valence-electron chi connectivity index (χ3n) is 5.21. The summed E-state index contributed by atoms with van der Waals surface area (Å²) in [6.07, 6.45) is -4.67. The number of rotatable bonds is 3. The predicted molar refractivity (Wildman–Crippen MR) is 128 cm³/mol. The summed E-state index contributed by atoms with van der Waals surface area (Å²) in [5.74, 6) is -0.648. The molecule has 10 heteroatoms. The fraction of sp³-hybridized carbons (Fsp3) is 0.130. The summed E-state index contributed by atoms with van der Waals surface area (Å²) in [5, 5.41) is 3.30. The van der Waals surface area contributed by atoms with E-state index in [1.54, 1.807) is 30.3 Å². The van der Waals surface area contributed by atoms with Crippen molar-refractivity contribution in [3.8, 4) is 11.1 Å². The lowest BCUT2D eigenvalue weighted by atomic mass is 9.97. The van der Waals surface area contributed by atoms with Crippen LogP contribution in [0.4, 0.5) is 24.5 Å². The Labute approximate surface area is 201 Å². The van der Waals surface area contributed by atoms with Crippen molar-refractivity contribution in [2.75, 3.05) is 11.1 Å². The molecule has 0 saturated heterocycles. The van der Waals surface area contributed by atoms with Crippen LogP contribution >= 0.6 is 34.5 Å². The molecule has 170 valence electrons. The van der Waals surface area contributed by atoms with Gasteiger partial charge in [0, 0.05) is 5.39 Å². The van der Waals surface area contributed by atoms with E-state index in [0.29, 0.717) is 5.56 Å². The van der Waals surface area contributed by atoms with Gasteiger partial charge < -0.3 is 11.1 Å². The van der Waals surface area contributed by atoms with Gasteiger partial charge in [0.25, 0.3) is 5.91 Å². The van der Waals surface area contributed by atoms with E-state index >= 15 is 0 Å². The van der Waals surface area contributed by atoms with Crippen molar-refractivity contribution in [1.82, 2.24) is 4.98 Å². The Hall–Kier alpha value is -2.81. The molecule has 0 saturated carbocycles. The Balaban J connectivity index is 1.91. The second kappa shape index (κ2) is 8.52. The van der Waals surface area contributed by atoms with Gasteiger partial charge in [0.2, 0.25) is 0 Å². The number of amides is 1. The minimum absolute atomic E-state index is 0.00552. The Kier molecular flexibility index (Phi) is 6.03. The molecule has 0 spiro atoms. The lowest BCUT2D eigenvalue weighted by Crippen LogP contribution is -2.12. The molecule has 0 radical (unpaired) electrons. The van der Waals surface area contributed by atoms with E-state index < -0.39 is 17.8 Å². The second-order valence-electron chi connectivity index (χ2n) is 7.43. The lowest BCUT2D eigenvalue weighted by Gasteiger charge is -2.12. The molecule has 0 bridgehead atoms. The Bertz CT molecular complexity index is 1400. The van der Waals surface area contributed by atoms with E-state index in [1.807, 2.05) is 19.9 Å². The van der Waals surface area contributed by atoms with Gasteiger partial charge in [-0.25, -0.2) is 4.98 Å². The molecule has 0 aliphatic rings. The zero-order valence-corrected chi connectivity index (χ0v) is 19.6. The van der Waals surface area contributed by atoms with Gasteiger partial charge in [0.1, 0.15) is 15.4 Å². The zero-order valence-electron chi connectivity index (χ0n) is 17.3. The molecule has 2 aromatic carbocycles. The second-order valence-corrected chi connectivity index (χ2v) is 9.24. The van der Waals surface area contributed by atoms with Crippen LogP contribution in [0, 0.1) is 13.8 Å². The van der Waals surface area contributed by atoms with Crippen LogP contribution in [-0.2, 0) is 6.18 Å². The van der Waals surface area contributed by atoms with Gasteiger partial charge in [-0.15, -0.1) is 11.3 Å². The van der Waals surface area contributed by atoms with Crippen molar-refractivity contribution in [3.05, 3.63) is 74.2 Å². The Morgan fingerprint density at radius 2 is 1.73 bits per heavy atom. The number of aromatic nitrogens is 1. The molecule has 2 heterocycles. The number of nitrogens with one attached hydrogen (secondary N) is 1. The zero-order chi connectivity index (χ0) is 24.1. The molecule has 0 aliphatic carbocycles. The van der Waals surface area contributed by atoms with Gasteiger partial charge in [-0.3, -0.25) is 4.79 Å². The number of nitrogens with two attached hydrogens (primary N) is 1. The van der Waals surface area contributed by atoms with Gasteiger partial charge in [-0.1, -0.05) is 47.5 Å². The number of nitrogen functional groups attached to an aromatic ring is 1. The van der Waals surface area contributed by atoms with E-state index in [2.05, 4.69) is 10.3 Å². The summed E-state index contributed by atoms with van der Waals surface area (Å²) in [6.45, 7) is 3.77. The number of thiophene rings is 1. The highest BCUT2D eigenvalue weighted by atomic mass is 35.5. The highest BCUT2D eigenvalue weighted by Gasteiger charge is 2.35. The molecule has 0 atom stereocenters. The van der Waals surface area contributed by atoms with Crippen LogP contribution in [0.25, 0.3) is 21.3 Å². The van der Waals surface area contributed by atoms with Crippen LogP contribution in [0.1, 0.15) is 26.5 Å². The minimum Gasteiger partial charge on any atom is -0.397 e. The number of pyridine rings is 1. The number of carbonyl (C=O) groups excluding carboxylic acids is 1. The van der Waals surface area contributed by atoms with Crippen molar-refractivity contribution >= 4 is 62.0 Å². The van der Waals surface area contributed by atoms with E-state index in [4.69, 9.17) is 28.9 Å². The van der Waals surface area contributed by atoms with Gasteiger partial charge in [-0.2, -0.15) is 13.2 Å². The molecule has 1 amide bonds. The fourth-order valence-electron chi connectivity index (χ4n) is 3.36. The monoisotopic (exact) mass is 509 g/mol. The fourth-order valence-corrected chi connectivity index (χ4v) is 4.87. The van der Waals surface area contributed by atoms with E-state index in [1.165, 1.54) is 0 Å². The first-order valence-electron chi connectivity index (χ1n) is 9.60. The van der Waals surface area contributed by atoms with Crippen LogP contribution in [0.5, 0.6) is 0 Å². The van der Waals surface area contributed by atoms with Crippen LogP contribution in [0.2, 0.25) is 10.0 Å². The minimum atomic E-state index is -4.67. The normalized spacial score (nSPS) is 11.7. The number of fused-ring (bicyclic) bond motifs is 1. The molecule has 4 rings (SSSR count). The molecule has 2 aromatic heterocycles. The lowest BCUT2D eigenvalue weighted by molar-refractivity contribution is -0.140. The summed E-state index contributed by atoms with van der Waals surface area (Å²) in [4.78, 5) is 16.8. The van der Waals surface area contributed by atoms with Crippen LogP contribution in [-0.4, -0.2) is 10.9 Å². The van der Waals surface area contributed by atoms with Crippen molar-refractivity contribution < 1.29 is 18.0 Å². The van der Waals surface area contributed by atoms with E-state index in [9.17, 15) is 18.0 Å². The van der Waals surface area contributed by atoms with E-state index in [-0.39, 0.29) is 42.1 Å². The van der Waals surface area contributed by atoms with Crippen molar-refractivity contribution in [2.24, 2.45) is 0 Å². The standard InChI is InChI=1S/C23H16Cl2F3N3OS/c1-10-6-7-12(8-11(10)2)13-9-16(23(26,27)28)30-22-17(13)18(29)20(33-22)21(32)31-19-14(24)4-3-5-15(19)25/h3-9H,29H2,1-2H3,(H,31,32). The largest absolute Gasteiger partial charge is 0.433 e. The summed E-state index contributed by atoms with van der Waals surface area (Å²) in [5.41, 5.74) is 8.14. The molecule has 33 heavy (non-hydrogen) atoms. The predicted octanol–water partition coefficient (Wildman–Crippen LogP) is 7.74. The number of aryl methyl sites for hydroxylation is 2. The SMILES string of the molecule is Cc1ccc(-c2cc(C(F)(F)F)nc3sc(C(=O)Nc4c(Cl)cccc4Cl)c(N)c23)cc1C. The summed E-state index contributed by atoms with van der Waals surface area (Å²) >= 11 is 13.0. The first-order chi connectivity index (χ1) is 15.5. The number of nitrogens with zero attached hydrogens (tertiary/aromatic N) is 1. The molecule has 0 aliphatic heterocycles. The van der Waals surface area contributed by atoms with Crippen molar-refractivity contribution in [1.29, 1.82) is 0 Å². The first-order valence-corrected chi connectivity index (χ1v) is 11.2. The quantitative estimate of drug-likeness (QED) is 0.296. The number of carbonyl (C=O) groups is 1. The number of para-hydroxylation sites is 1. The Morgan fingerprint density at radius 3 is 2.33 bits per heavy atom. The smallest absolute Gasteiger partial charge is 0.397 e. The number of anilines is 2. The van der Waals surface area contributed by atoms with Crippen LogP contribution in [0.15, 0.2) is 42.5 Å². The third-order valence-corrected chi connectivity index (χ3v) is 6.94. The molecule has 4 aromatic rings. The number of alkyl halides is 3. The highest BCUT2D eigenvalue weighted by Crippen LogP contribution is 2.43. The first kappa shape index (κ1) is 23.4. The summed E-state index contributed by atoms with van der Waals surface area (Å²) in [7, 11) is 0. The van der Waals surface area contributed by atoms with Crippen LogP contribution in [0.3, 0.4) is 0 Å². The average molecular weight is 510 g/mol. The van der Waals surface area contributed by atoms with Gasteiger partial charge in [0.05, 0.1) is 21.4 Å². The summed E-state index contributed by atoms with van der Waals surface area (Å²) < 4.78 is 40.8. The molecule has 3 N–H and O–H groups in total. The number of hydrogen-bond acceptors (Lipinski definition) is 4. The van der Waals surface area contributed by atoms with Gasteiger partial charge in [-0.05, 0) is 54.3 Å². The molecular formula is C23H16Cl2F3N3OS. The van der Waals surface area contributed by atoms with Gasteiger partial charge in [0.15, 0.2) is 0 Å². The molecule has 0 fully saturated rings. The number of halogens is 5. The Morgan fingerprint density at radius 1 is 1.06 bits per heavy atom. The molecular weight excluding hydrogens is 494 g/mol. The summed E-state index contributed by atoms with van der Waals surface area (Å²) in [6, 6.07) is 11.0. The van der Waals surface area contributed by atoms with Crippen molar-refractivity contribution in [3.63, 3.8) is 0 Å². The highest BCUT2D eigenvalue weighted by molar-refractivity contribution is 7.21. The van der Waals surface area contributed by atoms with Crippen LogP contribution < -0.4 is 11.1 Å². The average Bonchev–Trinajstić information content (AvgIpc) is 3.08. The maximum Gasteiger partial charge on any atom is 0.433 e. The number of benzene rings is 2.